The summed E-state index contributed by atoms with van der Waals surface area (Å²) in [5.41, 5.74) is 5.90. The molecular weight excluding hydrogens is 256 g/mol. The molecule has 0 saturated carbocycles. The summed E-state index contributed by atoms with van der Waals surface area (Å²) in [4.78, 5) is 0. The van der Waals surface area contributed by atoms with Gasteiger partial charge in [-0.25, -0.2) is 0 Å². The molecule has 1 aromatic carbocycles. The second-order valence-corrected chi connectivity index (χ2v) is 7.24. The second kappa shape index (κ2) is 8.55. The molecule has 2 unspecified atom stereocenters. The Morgan fingerprint density at radius 1 is 1.10 bits per heavy atom. The van der Waals surface area contributed by atoms with Crippen molar-refractivity contribution < 1.29 is 0 Å². The van der Waals surface area contributed by atoms with Gasteiger partial charge in [-0.3, -0.25) is 11.3 Å². The summed E-state index contributed by atoms with van der Waals surface area (Å²) in [6.45, 7) is 11.3. The highest BCUT2D eigenvalue weighted by Crippen LogP contribution is 2.28. The van der Waals surface area contributed by atoms with E-state index in [0.717, 1.165) is 12.3 Å². The maximum absolute atomic E-state index is 5.81. The lowest BCUT2D eigenvalue weighted by atomic mass is 9.85. The Kier molecular flexibility index (Phi) is 7.41. The minimum atomic E-state index is 0.206. The number of hydrogen-bond acceptors (Lipinski definition) is 2. The lowest BCUT2D eigenvalue weighted by molar-refractivity contribution is 0.356. The quantitative estimate of drug-likeness (QED) is 0.516. The lowest BCUT2D eigenvalue weighted by Crippen LogP contribution is -2.29. The molecule has 0 aliphatic heterocycles. The fourth-order valence-electron chi connectivity index (χ4n) is 2.83. The Balaban J connectivity index is 2.75. The van der Waals surface area contributed by atoms with Gasteiger partial charge in [-0.1, -0.05) is 84.6 Å². The Morgan fingerprint density at radius 2 is 1.71 bits per heavy atom. The molecule has 21 heavy (non-hydrogen) atoms. The number of rotatable bonds is 8. The van der Waals surface area contributed by atoms with Gasteiger partial charge in [0.1, 0.15) is 0 Å². The first kappa shape index (κ1) is 18.2. The van der Waals surface area contributed by atoms with E-state index in [1.54, 1.807) is 0 Å². The molecule has 0 aliphatic rings. The van der Waals surface area contributed by atoms with Crippen LogP contribution in [0.2, 0.25) is 0 Å². The molecule has 0 aromatic heterocycles. The maximum Gasteiger partial charge on any atom is 0.0462 e. The van der Waals surface area contributed by atoms with Gasteiger partial charge in [0.05, 0.1) is 0 Å². The van der Waals surface area contributed by atoms with Crippen molar-refractivity contribution in [3.63, 3.8) is 0 Å². The van der Waals surface area contributed by atoms with Gasteiger partial charge in [0, 0.05) is 6.04 Å². The largest absolute Gasteiger partial charge is 0.271 e. The van der Waals surface area contributed by atoms with Gasteiger partial charge >= 0.3 is 0 Å². The highest BCUT2D eigenvalue weighted by molar-refractivity contribution is 5.29. The summed E-state index contributed by atoms with van der Waals surface area (Å²) < 4.78 is 0. The zero-order valence-corrected chi connectivity index (χ0v) is 14.6. The van der Waals surface area contributed by atoms with Crippen molar-refractivity contribution in [3.05, 3.63) is 35.4 Å². The van der Waals surface area contributed by atoms with Crippen LogP contribution in [0.15, 0.2) is 24.3 Å². The monoisotopic (exact) mass is 290 g/mol. The van der Waals surface area contributed by atoms with Crippen LogP contribution in [0, 0.1) is 5.92 Å². The van der Waals surface area contributed by atoms with Crippen LogP contribution < -0.4 is 11.3 Å². The van der Waals surface area contributed by atoms with Crippen molar-refractivity contribution in [1.29, 1.82) is 0 Å². The summed E-state index contributed by atoms with van der Waals surface area (Å²) in [5, 5.41) is 0. The molecule has 0 fully saturated rings. The summed E-state index contributed by atoms with van der Waals surface area (Å²) in [5.74, 6) is 6.57. The summed E-state index contributed by atoms with van der Waals surface area (Å²) in [6, 6.07) is 9.22. The van der Waals surface area contributed by atoms with Crippen LogP contribution in [-0.4, -0.2) is 0 Å². The SMILES string of the molecule is CCCCC(CC)CC(NN)c1ccc(C(C)(C)C)cc1. The van der Waals surface area contributed by atoms with E-state index < -0.39 is 0 Å². The van der Waals surface area contributed by atoms with Crippen LogP contribution in [0.1, 0.15) is 83.9 Å². The van der Waals surface area contributed by atoms with Crippen LogP contribution in [-0.2, 0) is 5.41 Å². The second-order valence-electron chi connectivity index (χ2n) is 7.24. The molecule has 1 rings (SSSR count). The summed E-state index contributed by atoms with van der Waals surface area (Å²) in [7, 11) is 0. The van der Waals surface area contributed by atoms with Crippen LogP contribution in [0.3, 0.4) is 0 Å². The highest BCUT2D eigenvalue weighted by atomic mass is 15.2. The van der Waals surface area contributed by atoms with Crippen molar-refractivity contribution in [2.75, 3.05) is 0 Å². The van der Waals surface area contributed by atoms with Crippen LogP contribution in [0.5, 0.6) is 0 Å². The molecule has 2 atom stereocenters. The summed E-state index contributed by atoms with van der Waals surface area (Å²) >= 11 is 0. The predicted molar refractivity (Wildman–Crippen MR) is 93.1 cm³/mol. The molecule has 0 amide bonds. The molecule has 0 heterocycles. The number of benzene rings is 1. The van der Waals surface area contributed by atoms with Crippen LogP contribution >= 0.6 is 0 Å². The smallest absolute Gasteiger partial charge is 0.0462 e. The number of unbranched alkanes of at least 4 members (excludes halogenated alkanes) is 1. The van der Waals surface area contributed by atoms with Gasteiger partial charge in [-0.15, -0.1) is 0 Å². The molecule has 0 aliphatic carbocycles. The van der Waals surface area contributed by atoms with E-state index >= 15 is 0 Å². The van der Waals surface area contributed by atoms with Gasteiger partial charge in [0.2, 0.25) is 0 Å². The summed E-state index contributed by atoms with van der Waals surface area (Å²) in [6.07, 6.45) is 6.27. The average molecular weight is 290 g/mol. The van der Waals surface area contributed by atoms with Crippen molar-refractivity contribution >= 4 is 0 Å². The molecule has 3 N–H and O–H groups in total. The molecule has 0 spiro atoms. The highest BCUT2D eigenvalue weighted by Gasteiger charge is 2.18. The molecule has 1 aromatic rings. The standard InChI is InChI=1S/C19H34N2/c1-6-8-9-15(7-2)14-18(21-20)16-10-12-17(13-11-16)19(3,4)5/h10-13,15,18,21H,6-9,14,20H2,1-5H3. The van der Waals surface area contributed by atoms with Gasteiger partial charge in [0.25, 0.3) is 0 Å². The predicted octanol–water partition coefficient (Wildman–Crippen LogP) is 5.10. The van der Waals surface area contributed by atoms with E-state index in [2.05, 4.69) is 64.3 Å². The fourth-order valence-corrected chi connectivity index (χ4v) is 2.83. The Labute approximate surface area is 131 Å². The van der Waals surface area contributed by atoms with Crippen molar-refractivity contribution in [3.8, 4) is 0 Å². The van der Waals surface area contributed by atoms with Crippen LogP contribution in [0.4, 0.5) is 0 Å². The topological polar surface area (TPSA) is 38.0 Å². The zero-order chi connectivity index (χ0) is 15.9. The van der Waals surface area contributed by atoms with Gasteiger partial charge < -0.3 is 0 Å². The third-order valence-corrected chi connectivity index (χ3v) is 4.49. The molecule has 2 nitrogen and oxygen atoms in total. The van der Waals surface area contributed by atoms with E-state index in [1.807, 2.05) is 0 Å². The minimum Gasteiger partial charge on any atom is -0.271 e. The van der Waals surface area contributed by atoms with Gasteiger partial charge in [-0.2, -0.15) is 0 Å². The lowest BCUT2D eigenvalue weighted by Gasteiger charge is -2.24. The first-order valence-electron chi connectivity index (χ1n) is 8.48. The Bertz CT molecular complexity index is 389. The van der Waals surface area contributed by atoms with Crippen molar-refractivity contribution in [1.82, 2.24) is 5.43 Å². The molecule has 0 bridgehead atoms. The molecule has 120 valence electrons. The minimum absolute atomic E-state index is 0.206. The molecule has 0 radical (unpaired) electrons. The van der Waals surface area contributed by atoms with Crippen LogP contribution in [0.25, 0.3) is 0 Å². The van der Waals surface area contributed by atoms with E-state index in [1.165, 1.54) is 36.8 Å². The number of hydrogen-bond donors (Lipinski definition) is 2. The fraction of sp³-hybridized carbons (Fsp3) is 0.684. The normalized spacial score (nSPS) is 15.0. The number of hydrazine groups is 1. The average Bonchev–Trinajstić information content (AvgIpc) is 2.47. The first-order valence-corrected chi connectivity index (χ1v) is 8.48. The Morgan fingerprint density at radius 3 is 2.14 bits per heavy atom. The third kappa shape index (κ3) is 5.80. The molecule has 2 heteroatoms. The number of nitrogens with two attached hydrogens (primary N) is 1. The Hall–Kier alpha value is -0.860. The molecule has 0 saturated heterocycles. The first-order chi connectivity index (χ1) is 9.92. The van der Waals surface area contributed by atoms with Gasteiger partial charge in [0.15, 0.2) is 0 Å². The zero-order valence-electron chi connectivity index (χ0n) is 14.6. The maximum atomic E-state index is 5.81. The van der Waals surface area contributed by atoms with E-state index in [4.69, 9.17) is 5.84 Å². The van der Waals surface area contributed by atoms with Gasteiger partial charge in [-0.05, 0) is 28.9 Å². The van der Waals surface area contributed by atoms with E-state index in [-0.39, 0.29) is 11.5 Å². The van der Waals surface area contributed by atoms with Crippen molar-refractivity contribution in [2.45, 2.75) is 78.2 Å². The van der Waals surface area contributed by atoms with E-state index in [0.29, 0.717) is 0 Å². The number of nitrogens with one attached hydrogen (secondary N) is 1. The van der Waals surface area contributed by atoms with E-state index in [9.17, 15) is 0 Å². The third-order valence-electron chi connectivity index (χ3n) is 4.49. The molecular formula is C19H34N2. The van der Waals surface area contributed by atoms with Crippen molar-refractivity contribution in [2.24, 2.45) is 11.8 Å².